The lowest BCUT2D eigenvalue weighted by atomic mass is 9.77. The van der Waals surface area contributed by atoms with Crippen molar-refractivity contribution in [1.29, 1.82) is 0 Å². The molecule has 0 unspecified atom stereocenters. The standard InChI is InChI=1S/C54H61N5O8/c1-2-66-50(61)33-31-46(30-32-49(60)58-54(43-23-12-5-13-24-43,44-25-14-6-15-26-44)45-27-16-7-17-28-45)55-52(63)48(39-41-19-8-3-9-20-41)56-51(62)47(29-18-34-59-35-37-65-38-36-59)57-53(64)67-40-42-21-10-4-11-22-42/h3-17,19-28,31,33,46-48H,2,18,29-30,32,34-40H2,1H3,(H,55,63)(H,56,62)(H,57,64)(H,58,60)/b33-31+/t46-,47-,48-/m0/s1. The number of carbonyl (C=O) groups is 5. The maximum atomic E-state index is 14.5. The van der Waals surface area contributed by atoms with Crippen molar-refractivity contribution >= 4 is 29.8 Å². The van der Waals surface area contributed by atoms with Crippen LogP contribution in [-0.4, -0.2) is 92.3 Å². The lowest BCUT2D eigenvalue weighted by Crippen LogP contribution is -2.55. The van der Waals surface area contributed by atoms with Gasteiger partial charge in [-0.15, -0.1) is 0 Å². The molecular weight excluding hydrogens is 847 g/mol. The lowest BCUT2D eigenvalue weighted by Gasteiger charge is -2.37. The van der Waals surface area contributed by atoms with Gasteiger partial charge in [0.05, 0.1) is 19.8 Å². The molecule has 4 amide bonds. The number of esters is 1. The first-order valence-electron chi connectivity index (χ1n) is 23.0. The van der Waals surface area contributed by atoms with E-state index in [1.807, 2.05) is 152 Å². The minimum atomic E-state index is -1.12. The van der Waals surface area contributed by atoms with Gasteiger partial charge in [0.1, 0.15) is 24.2 Å². The highest BCUT2D eigenvalue weighted by Gasteiger charge is 2.38. The van der Waals surface area contributed by atoms with Crippen molar-refractivity contribution in [2.75, 3.05) is 39.5 Å². The minimum Gasteiger partial charge on any atom is -0.463 e. The number of ether oxygens (including phenoxy) is 3. The summed E-state index contributed by atoms with van der Waals surface area (Å²) in [6, 6.07) is 44.7. The second-order valence-electron chi connectivity index (χ2n) is 16.3. The number of nitrogens with one attached hydrogen (secondary N) is 4. The number of morpholine rings is 1. The Labute approximate surface area is 393 Å². The van der Waals surface area contributed by atoms with Crippen molar-refractivity contribution in [3.05, 3.63) is 192 Å². The molecule has 0 aliphatic carbocycles. The van der Waals surface area contributed by atoms with Crippen LogP contribution in [-0.2, 0) is 52.0 Å². The van der Waals surface area contributed by atoms with E-state index in [-0.39, 0.29) is 44.8 Å². The van der Waals surface area contributed by atoms with Crippen LogP contribution in [0.5, 0.6) is 0 Å². The first kappa shape index (κ1) is 49.3. The molecule has 3 atom stereocenters. The smallest absolute Gasteiger partial charge is 0.408 e. The molecule has 0 saturated carbocycles. The predicted octanol–water partition coefficient (Wildman–Crippen LogP) is 6.61. The monoisotopic (exact) mass is 907 g/mol. The van der Waals surface area contributed by atoms with Gasteiger partial charge in [-0.05, 0) is 60.5 Å². The molecule has 1 aliphatic rings. The third-order valence-corrected chi connectivity index (χ3v) is 11.5. The number of benzene rings is 5. The lowest BCUT2D eigenvalue weighted by molar-refractivity contribution is -0.137. The zero-order chi connectivity index (χ0) is 47.1. The summed E-state index contributed by atoms with van der Waals surface area (Å²) in [6.07, 6.45) is 2.97. The van der Waals surface area contributed by atoms with E-state index in [9.17, 15) is 24.0 Å². The third kappa shape index (κ3) is 15.2. The predicted molar refractivity (Wildman–Crippen MR) is 256 cm³/mol. The van der Waals surface area contributed by atoms with E-state index in [2.05, 4.69) is 26.2 Å². The quantitative estimate of drug-likeness (QED) is 0.0321. The van der Waals surface area contributed by atoms with Crippen LogP contribution >= 0.6 is 0 Å². The molecule has 0 spiro atoms. The van der Waals surface area contributed by atoms with Gasteiger partial charge in [-0.2, -0.15) is 0 Å². The highest BCUT2D eigenvalue weighted by atomic mass is 16.5. The Morgan fingerprint density at radius 3 is 1.72 bits per heavy atom. The van der Waals surface area contributed by atoms with Crippen molar-refractivity contribution in [3.63, 3.8) is 0 Å². The fourth-order valence-corrected chi connectivity index (χ4v) is 8.08. The summed E-state index contributed by atoms with van der Waals surface area (Å²) in [5.74, 6) is -2.03. The van der Waals surface area contributed by atoms with E-state index in [1.54, 1.807) is 6.92 Å². The number of rotatable bonds is 23. The molecule has 5 aromatic carbocycles. The normalized spacial score (nSPS) is 14.2. The van der Waals surface area contributed by atoms with Crippen LogP contribution in [0.4, 0.5) is 4.79 Å². The molecule has 6 rings (SSSR count). The van der Waals surface area contributed by atoms with Crippen LogP contribution in [0.25, 0.3) is 0 Å². The summed E-state index contributed by atoms with van der Waals surface area (Å²) in [6.45, 7) is 5.33. The Hall–Kier alpha value is -7.09. The van der Waals surface area contributed by atoms with Crippen molar-refractivity contribution in [2.24, 2.45) is 0 Å². The maximum Gasteiger partial charge on any atom is 0.408 e. The summed E-state index contributed by atoms with van der Waals surface area (Å²) < 4.78 is 16.2. The molecule has 13 heteroatoms. The molecule has 1 saturated heterocycles. The SMILES string of the molecule is CCOC(=O)/C=C/[C@H](CCC(=O)NC(c1ccccc1)(c1ccccc1)c1ccccc1)NC(=O)[C@H](Cc1ccccc1)NC(=O)[C@H](CCCN1CCOCC1)NC(=O)OCc1ccccc1. The van der Waals surface area contributed by atoms with Gasteiger partial charge in [-0.1, -0.05) is 158 Å². The molecule has 350 valence electrons. The van der Waals surface area contributed by atoms with Crippen LogP contribution in [0.15, 0.2) is 164 Å². The van der Waals surface area contributed by atoms with E-state index in [0.717, 1.165) is 40.9 Å². The Bertz CT molecular complexity index is 2230. The van der Waals surface area contributed by atoms with Gasteiger partial charge in [0.15, 0.2) is 0 Å². The van der Waals surface area contributed by atoms with E-state index in [4.69, 9.17) is 14.2 Å². The van der Waals surface area contributed by atoms with Crippen molar-refractivity contribution in [2.45, 2.75) is 69.3 Å². The first-order chi connectivity index (χ1) is 32.7. The summed E-state index contributed by atoms with van der Waals surface area (Å²) in [5.41, 5.74) is 3.06. The van der Waals surface area contributed by atoms with Crippen LogP contribution in [0.1, 0.15) is 60.4 Å². The van der Waals surface area contributed by atoms with Gasteiger partial charge >= 0.3 is 12.1 Å². The van der Waals surface area contributed by atoms with E-state index >= 15 is 0 Å². The zero-order valence-electron chi connectivity index (χ0n) is 38.0. The fourth-order valence-electron chi connectivity index (χ4n) is 8.08. The number of hydrogen-bond acceptors (Lipinski definition) is 9. The third-order valence-electron chi connectivity index (χ3n) is 11.5. The fraction of sp³-hybridized carbons (Fsp3) is 0.315. The Morgan fingerprint density at radius 2 is 1.16 bits per heavy atom. The molecule has 13 nitrogen and oxygen atoms in total. The van der Waals surface area contributed by atoms with Crippen LogP contribution in [0, 0.1) is 0 Å². The topological polar surface area (TPSA) is 164 Å². The molecule has 1 aliphatic heterocycles. The number of carbonyl (C=O) groups excluding carboxylic acids is 5. The summed E-state index contributed by atoms with van der Waals surface area (Å²) in [5, 5.41) is 12.0. The van der Waals surface area contributed by atoms with Gasteiger partial charge in [0.2, 0.25) is 17.7 Å². The Morgan fingerprint density at radius 1 is 0.642 bits per heavy atom. The van der Waals surface area contributed by atoms with Gasteiger partial charge in [0, 0.05) is 38.0 Å². The summed E-state index contributed by atoms with van der Waals surface area (Å²) in [7, 11) is 0. The van der Waals surface area contributed by atoms with Gasteiger partial charge in [-0.25, -0.2) is 9.59 Å². The molecular formula is C54H61N5O8. The van der Waals surface area contributed by atoms with Crippen LogP contribution in [0.3, 0.4) is 0 Å². The van der Waals surface area contributed by atoms with Crippen molar-refractivity contribution < 1.29 is 38.2 Å². The minimum absolute atomic E-state index is 0.0122. The van der Waals surface area contributed by atoms with E-state index in [0.29, 0.717) is 26.2 Å². The first-order valence-corrected chi connectivity index (χ1v) is 23.0. The number of alkyl carbamates (subject to hydrolysis) is 1. The number of hydrogen-bond donors (Lipinski definition) is 4. The van der Waals surface area contributed by atoms with Crippen molar-refractivity contribution in [1.82, 2.24) is 26.2 Å². The highest BCUT2D eigenvalue weighted by molar-refractivity contribution is 5.92. The molecule has 67 heavy (non-hydrogen) atoms. The van der Waals surface area contributed by atoms with Gasteiger partial charge in [0.25, 0.3) is 0 Å². The number of nitrogens with zero attached hydrogens (tertiary/aromatic N) is 1. The molecule has 0 radical (unpaired) electrons. The molecule has 0 bridgehead atoms. The summed E-state index contributed by atoms with van der Waals surface area (Å²) in [4.78, 5) is 71.2. The highest BCUT2D eigenvalue weighted by Crippen LogP contribution is 2.37. The molecule has 4 N–H and O–H groups in total. The largest absolute Gasteiger partial charge is 0.463 e. The molecule has 1 fully saturated rings. The molecule has 5 aromatic rings. The molecule has 0 aromatic heterocycles. The Balaban J connectivity index is 1.22. The van der Waals surface area contributed by atoms with Gasteiger partial charge in [-0.3, -0.25) is 19.3 Å². The van der Waals surface area contributed by atoms with Gasteiger partial charge < -0.3 is 35.5 Å². The second kappa shape index (κ2) is 26.2. The average molecular weight is 908 g/mol. The number of amides is 4. The maximum absolute atomic E-state index is 14.5. The average Bonchev–Trinajstić information content (AvgIpc) is 3.37. The van der Waals surface area contributed by atoms with E-state index in [1.165, 1.54) is 12.2 Å². The second-order valence-corrected chi connectivity index (χ2v) is 16.3. The summed E-state index contributed by atoms with van der Waals surface area (Å²) >= 11 is 0. The van der Waals surface area contributed by atoms with Crippen LogP contribution in [0.2, 0.25) is 0 Å². The van der Waals surface area contributed by atoms with E-state index < -0.39 is 47.5 Å². The molecule has 1 heterocycles. The van der Waals surface area contributed by atoms with Crippen molar-refractivity contribution in [3.8, 4) is 0 Å². The Kier molecular flexibility index (Phi) is 19.3. The zero-order valence-corrected chi connectivity index (χ0v) is 38.0. The van der Waals surface area contributed by atoms with Crippen LogP contribution < -0.4 is 21.3 Å².